The van der Waals surface area contributed by atoms with Crippen molar-refractivity contribution in [1.82, 2.24) is 0 Å². The lowest BCUT2D eigenvalue weighted by Gasteiger charge is -2.13. The van der Waals surface area contributed by atoms with Gasteiger partial charge in [0.25, 0.3) is 0 Å². The average Bonchev–Trinajstić information content (AvgIpc) is 2.91. The van der Waals surface area contributed by atoms with Crippen LogP contribution in [-0.4, -0.2) is 27.9 Å². The first-order chi connectivity index (χ1) is 11.5. The highest BCUT2D eigenvalue weighted by molar-refractivity contribution is 6.05. The smallest absolute Gasteiger partial charge is 0.372 e. The molecular weight excluding hydrogens is 312 g/mol. The Balaban J connectivity index is 1.87. The Morgan fingerprint density at radius 3 is 2.46 bits per heavy atom. The van der Waals surface area contributed by atoms with E-state index in [0.29, 0.717) is 29.9 Å². The molecule has 3 N–H and O–H groups in total. The Hall–Kier alpha value is -3.09. The molecule has 1 aromatic carbocycles. The summed E-state index contributed by atoms with van der Waals surface area (Å²) in [6.07, 6.45) is 2.24. The molecule has 1 heterocycles. The van der Waals surface area contributed by atoms with Crippen molar-refractivity contribution in [3.63, 3.8) is 0 Å². The number of hydrogen-bond donors (Lipinski definition) is 3. The van der Waals surface area contributed by atoms with Gasteiger partial charge in [-0.15, -0.1) is 0 Å². The molecule has 0 radical (unpaired) electrons. The molecule has 0 saturated heterocycles. The van der Waals surface area contributed by atoms with E-state index in [1.165, 1.54) is 12.1 Å². The molecule has 124 valence electrons. The zero-order chi connectivity index (χ0) is 17.3. The number of aryl methyl sites for hydroxylation is 1. The van der Waals surface area contributed by atoms with Crippen LogP contribution in [0.5, 0.6) is 0 Å². The Labute approximate surface area is 137 Å². The Morgan fingerprint density at radius 2 is 1.83 bits per heavy atom. The molecule has 0 bridgehead atoms. The van der Waals surface area contributed by atoms with Gasteiger partial charge in [0.2, 0.25) is 5.76 Å². The lowest BCUT2D eigenvalue weighted by Crippen LogP contribution is -2.13. The highest BCUT2D eigenvalue weighted by Crippen LogP contribution is 2.30. The number of carboxylic acid groups (broad SMARTS) is 2. The number of carboxylic acids is 2. The third-order valence-electron chi connectivity index (χ3n) is 3.97. The summed E-state index contributed by atoms with van der Waals surface area (Å²) in [6, 6.07) is 6.23. The van der Waals surface area contributed by atoms with E-state index in [0.717, 1.165) is 17.7 Å². The summed E-state index contributed by atoms with van der Waals surface area (Å²) < 4.78 is 5.45. The first-order valence-electron chi connectivity index (χ1n) is 7.49. The summed E-state index contributed by atoms with van der Waals surface area (Å²) in [6.45, 7) is 1.72. The van der Waals surface area contributed by atoms with Crippen molar-refractivity contribution in [2.24, 2.45) is 5.10 Å². The van der Waals surface area contributed by atoms with E-state index < -0.39 is 11.9 Å². The van der Waals surface area contributed by atoms with Gasteiger partial charge in [-0.2, -0.15) is 5.10 Å². The van der Waals surface area contributed by atoms with Gasteiger partial charge in [0.1, 0.15) is 5.76 Å². The molecular formula is C17H16N2O5. The number of aromatic carboxylic acids is 2. The predicted molar refractivity (Wildman–Crippen MR) is 86.9 cm³/mol. The maximum Gasteiger partial charge on any atom is 0.372 e. The summed E-state index contributed by atoms with van der Waals surface area (Å²) in [4.78, 5) is 22.1. The number of hydrazone groups is 1. The summed E-state index contributed by atoms with van der Waals surface area (Å²) >= 11 is 0. The van der Waals surface area contributed by atoms with Crippen LogP contribution in [0.25, 0.3) is 0 Å². The molecule has 0 aliphatic heterocycles. The number of benzene rings is 1. The molecule has 7 nitrogen and oxygen atoms in total. The monoisotopic (exact) mass is 328 g/mol. The highest BCUT2D eigenvalue weighted by atomic mass is 16.4. The lowest BCUT2D eigenvalue weighted by atomic mass is 9.93. The third-order valence-corrected chi connectivity index (χ3v) is 3.97. The van der Waals surface area contributed by atoms with Crippen molar-refractivity contribution >= 4 is 23.3 Å². The van der Waals surface area contributed by atoms with Crippen LogP contribution in [0.4, 0.5) is 5.69 Å². The molecule has 0 amide bonds. The van der Waals surface area contributed by atoms with Crippen LogP contribution in [0, 0.1) is 6.92 Å². The van der Waals surface area contributed by atoms with E-state index in [1.807, 2.05) is 0 Å². The van der Waals surface area contributed by atoms with Gasteiger partial charge < -0.3 is 14.6 Å². The Bertz CT molecular complexity index is 833. The number of carbonyl (C=O) groups is 2. The van der Waals surface area contributed by atoms with Crippen LogP contribution in [0.1, 0.15) is 50.6 Å². The number of nitrogens with zero attached hydrogens (tertiary/aromatic N) is 1. The number of nitrogens with one attached hydrogen (secondary N) is 1. The largest absolute Gasteiger partial charge is 0.478 e. The Kier molecular flexibility index (Phi) is 4.07. The zero-order valence-electron chi connectivity index (χ0n) is 13.0. The molecule has 1 aliphatic carbocycles. The van der Waals surface area contributed by atoms with Crippen molar-refractivity contribution in [2.75, 3.05) is 5.43 Å². The second kappa shape index (κ2) is 6.19. The number of rotatable bonds is 4. The molecule has 0 saturated carbocycles. The van der Waals surface area contributed by atoms with E-state index in [1.54, 1.807) is 19.1 Å². The van der Waals surface area contributed by atoms with E-state index in [4.69, 9.17) is 9.52 Å². The van der Waals surface area contributed by atoms with E-state index in [2.05, 4.69) is 10.5 Å². The van der Waals surface area contributed by atoms with Crippen LogP contribution in [0.3, 0.4) is 0 Å². The van der Waals surface area contributed by atoms with E-state index in [9.17, 15) is 14.7 Å². The molecule has 0 fully saturated rings. The molecule has 7 heteroatoms. The molecule has 0 spiro atoms. The number of fused-ring (bicyclic) bond motifs is 1. The van der Waals surface area contributed by atoms with Gasteiger partial charge in [0.15, 0.2) is 0 Å². The summed E-state index contributed by atoms with van der Waals surface area (Å²) in [7, 11) is 0. The normalized spacial score (nSPS) is 15.1. The van der Waals surface area contributed by atoms with Crippen LogP contribution in [0.15, 0.2) is 33.8 Å². The van der Waals surface area contributed by atoms with Crippen molar-refractivity contribution in [1.29, 1.82) is 0 Å². The van der Waals surface area contributed by atoms with Crippen LogP contribution >= 0.6 is 0 Å². The van der Waals surface area contributed by atoms with Gasteiger partial charge in [-0.1, -0.05) is 0 Å². The fourth-order valence-corrected chi connectivity index (χ4v) is 2.80. The fraction of sp³-hybridized carbons (Fsp3) is 0.235. The minimum absolute atomic E-state index is 0.0413. The number of anilines is 1. The van der Waals surface area contributed by atoms with Crippen molar-refractivity contribution < 1.29 is 24.2 Å². The van der Waals surface area contributed by atoms with E-state index >= 15 is 0 Å². The standard InChI is InChI=1S/C17H16N2O5/c1-9-14-12(3-2-4-13(14)24-15(9)17(22)23)19-18-11-7-5-10(6-8-11)16(20)21/h5-8,18H,2-4H2,1H3,(H,20,21)(H,22,23). The van der Waals surface area contributed by atoms with Gasteiger partial charge in [-0.25, -0.2) is 9.59 Å². The van der Waals surface area contributed by atoms with Gasteiger partial charge in [0, 0.05) is 17.5 Å². The number of furan rings is 1. The van der Waals surface area contributed by atoms with Crippen LogP contribution < -0.4 is 5.43 Å². The Morgan fingerprint density at radius 1 is 1.12 bits per heavy atom. The lowest BCUT2D eigenvalue weighted by molar-refractivity contribution is 0.0656. The molecule has 24 heavy (non-hydrogen) atoms. The molecule has 0 atom stereocenters. The maximum atomic E-state index is 11.2. The first kappa shape index (κ1) is 15.8. The molecule has 1 aliphatic rings. The van der Waals surface area contributed by atoms with E-state index in [-0.39, 0.29) is 11.3 Å². The minimum Gasteiger partial charge on any atom is -0.478 e. The second-order valence-corrected chi connectivity index (χ2v) is 5.57. The van der Waals surface area contributed by atoms with Crippen LogP contribution in [0.2, 0.25) is 0 Å². The molecule has 0 unspecified atom stereocenters. The molecule has 2 aromatic rings. The second-order valence-electron chi connectivity index (χ2n) is 5.57. The van der Waals surface area contributed by atoms with Crippen molar-refractivity contribution in [3.8, 4) is 0 Å². The first-order valence-corrected chi connectivity index (χ1v) is 7.49. The fourth-order valence-electron chi connectivity index (χ4n) is 2.80. The summed E-state index contributed by atoms with van der Waals surface area (Å²) in [5.41, 5.74) is 5.83. The van der Waals surface area contributed by atoms with Gasteiger partial charge >= 0.3 is 11.9 Å². The molecule has 1 aromatic heterocycles. The quantitative estimate of drug-likeness (QED) is 0.743. The van der Waals surface area contributed by atoms with Gasteiger partial charge in [-0.05, 0) is 44.0 Å². The topological polar surface area (TPSA) is 112 Å². The van der Waals surface area contributed by atoms with Gasteiger partial charge in [0.05, 0.1) is 17.0 Å². The van der Waals surface area contributed by atoms with Crippen molar-refractivity contribution in [3.05, 3.63) is 52.5 Å². The average molecular weight is 328 g/mol. The third kappa shape index (κ3) is 2.88. The number of hydrogen-bond acceptors (Lipinski definition) is 5. The zero-order valence-corrected chi connectivity index (χ0v) is 13.0. The van der Waals surface area contributed by atoms with Gasteiger partial charge in [-0.3, -0.25) is 5.43 Å². The van der Waals surface area contributed by atoms with Crippen molar-refractivity contribution in [2.45, 2.75) is 26.2 Å². The van der Waals surface area contributed by atoms with Crippen LogP contribution in [-0.2, 0) is 6.42 Å². The predicted octanol–water partition coefficient (Wildman–Crippen LogP) is 3.14. The highest BCUT2D eigenvalue weighted by Gasteiger charge is 2.27. The summed E-state index contributed by atoms with van der Waals surface area (Å²) in [5.74, 6) is -1.46. The maximum absolute atomic E-state index is 11.2. The summed E-state index contributed by atoms with van der Waals surface area (Å²) in [5, 5.41) is 22.4. The minimum atomic E-state index is -1.08. The molecule has 3 rings (SSSR count). The SMILES string of the molecule is Cc1c(C(=O)O)oc2c1C(=NNc1ccc(C(=O)O)cc1)CCC2.